The molecule has 7 heteroatoms. The van der Waals surface area contributed by atoms with E-state index >= 15 is 0 Å². The summed E-state index contributed by atoms with van der Waals surface area (Å²) in [6, 6.07) is -1.08. The van der Waals surface area contributed by atoms with E-state index in [1.807, 2.05) is 0 Å². The number of unbranched alkanes of at least 4 members (excludes halogenated alkanes) is 17. The first-order chi connectivity index (χ1) is 22.8. The quantitative estimate of drug-likeness (QED) is 0.0364. The lowest BCUT2D eigenvalue weighted by Crippen LogP contribution is -2.46. The third-order valence-electron chi connectivity index (χ3n) is 8.18. The number of aliphatic hydroxyl groups excluding tert-OH is 1. The van der Waals surface area contributed by atoms with Crippen molar-refractivity contribution in [1.82, 2.24) is 5.32 Å². The summed E-state index contributed by atoms with van der Waals surface area (Å²) >= 11 is 0. The molecule has 0 heterocycles. The molecule has 0 radical (unpaired) electrons. The van der Waals surface area contributed by atoms with Crippen LogP contribution in [0.5, 0.6) is 0 Å². The van der Waals surface area contributed by atoms with Gasteiger partial charge >= 0.3 is 0 Å². The van der Waals surface area contributed by atoms with Gasteiger partial charge in [0.25, 0.3) is 10.1 Å². The molecule has 6 nitrogen and oxygen atoms in total. The molecule has 0 aromatic rings. The summed E-state index contributed by atoms with van der Waals surface area (Å²) in [6.07, 6.45) is 46.3. The Balaban J connectivity index is 4.04. The van der Waals surface area contributed by atoms with Crippen LogP contribution >= 0.6 is 0 Å². The lowest BCUT2D eigenvalue weighted by atomic mass is 10.1. The van der Waals surface area contributed by atoms with E-state index in [0.717, 1.165) is 57.8 Å². The van der Waals surface area contributed by atoms with Crippen LogP contribution in [0.4, 0.5) is 0 Å². The number of amides is 1. The van der Waals surface area contributed by atoms with Crippen molar-refractivity contribution in [3.05, 3.63) is 60.8 Å². The van der Waals surface area contributed by atoms with Crippen LogP contribution in [0.2, 0.25) is 0 Å². The van der Waals surface area contributed by atoms with E-state index in [1.54, 1.807) is 6.08 Å². The van der Waals surface area contributed by atoms with Crippen LogP contribution in [0.1, 0.15) is 168 Å². The summed E-state index contributed by atoms with van der Waals surface area (Å²) in [4.78, 5) is 12.5. The maximum Gasteiger partial charge on any atom is 0.267 e. The highest BCUT2D eigenvalue weighted by atomic mass is 32.2. The second-order valence-electron chi connectivity index (χ2n) is 12.8. The number of aliphatic hydroxyl groups is 1. The summed E-state index contributed by atoms with van der Waals surface area (Å²) in [7, 11) is -4.36. The summed E-state index contributed by atoms with van der Waals surface area (Å²) in [5.74, 6) is -1.02. The predicted molar refractivity (Wildman–Crippen MR) is 202 cm³/mol. The molecule has 0 aromatic carbocycles. The summed E-state index contributed by atoms with van der Waals surface area (Å²) in [6.45, 7) is 4.39. The van der Waals surface area contributed by atoms with Gasteiger partial charge in [-0.3, -0.25) is 9.35 Å². The Hall–Kier alpha value is -1.96. The van der Waals surface area contributed by atoms with Gasteiger partial charge in [0, 0.05) is 6.42 Å². The molecule has 47 heavy (non-hydrogen) atoms. The second kappa shape index (κ2) is 33.9. The molecular weight excluding hydrogens is 607 g/mol. The zero-order valence-corrected chi connectivity index (χ0v) is 30.9. The molecule has 0 aromatic heterocycles. The molecule has 2 atom stereocenters. The van der Waals surface area contributed by atoms with Gasteiger partial charge in [-0.25, -0.2) is 0 Å². The lowest BCUT2D eigenvalue weighted by Gasteiger charge is -2.21. The second-order valence-corrected chi connectivity index (χ2v) is 14.3. The number of allylic oxidation sites excluding steroid dienone is 9. The van der Waals surface area contributed by atoms with Crippen molar-refractivity contribution in [2.45, 2.75) is 180 Å². The number of carbonyl (C=O) groups excluding carboxylic acids is 1. The van der Waals surface area contributed by atoms with Crippen LogP contribution in [0.25, 0.3) is 0 Å². The van der Waals surface area contributed by atoms with Gasteiger partial charge in [-0.1, -0.05) is 158 Å². The smallest absolute Gasteiger partial charge is 0.267 e. The van der Waals surface area contributed by atoms with Gasteiger partial charge < -0.3 is 10.4 Å². The van der Waals surface area contributed by atoms with Crippen molar-refractivity contribution in [3.63, 3.8) is 0 Å². The Morgan fingerprint density at radius 3 is 1.60 bits per heavy atom. The zero-order chi connectivity index (χ0) is 34.7. The summed E-state index contributed by atoms with van der Waals surface area (Å²) < 4.78 is 32.4. The first-order valence-corrected chi connectivity index (χ1v) is 20.6. The number of rotatable bonds is 33. The van der Waals surface area contributed by atoms with Crippen LogP contribution in [0, 0.1) is 0 Å². The van der Waals surface area contributed by atoms with Crippen molar-refractivity contribution in [2.24, 2.45) is 0 Å². The molecule has 0 aliphatic carbocycles. The Labute approximate surface area is 290 Å². The molecule has 272 valence electrons. The molecule has 0 aliphatic heterocycles. The van der Waals surface area contributed by atoms with Crippen LogP contribution in [0.15, 0.2) is 60.8 Å². The largest absolute Gasteiger partial charge is 0.387 e. The molecule has 1 amide bonds. The Morgan fingerprint density at radius 1 is 0.596 bits per heavy atom. The van der Waals surface area contributed by atoms with E-state index in [4.69, 9.17) is 0 Å². The van der Waals surface area contributed by atoms with E-state index < -0.39 is 28.0 Å². The minimum atomic E-state index is -4.36. The SMILES string of the molecule is CC/C=C\C/C=C\C/C=C\CCCCCCCCCC(=O)NC(CS(=O)(=O)O)C(O)/C=C/CC/C=C/CCCCCCCCCCC. The highest BCUT2D eigenvalue weighted by Gasteiger charge is 2.24. The highest BCUT2D eigenvalue weighted by molar-refractivity contribution is 7.85. The fourth-order valence-corrected chi connectivity index (χ4v) is 6.09. The lowest BCUT2D eigenvalue weighted by molar-refractivity contribution is -0.122. The normalized spacial score (nSPS) is 14.0. The standard InChI is InChI=1S/C40H71NO5S/c1-3-5-7-9-11-13-15-17-19-20-22-24-26-28-30-32-34-36-40(43)41-38(37-47(44,45)46)39(42)35-33-31-29-27-25-23-21-18-16-14-12-10-8-6-4-2/h5,7,11,13,17,19,25,27,33,35,38-39,42H,3-4,6,8-10,12,14-16,18,20-24,26,28-32,34,36-37H2,1-2H3,(H,41,43)(H,44,45,46)/b7-5-,13-11-,19-17-,27-25+,35-33+. The third kappa shape index (κ3) is 35.2. The first-order valence-electron chi connectivity index (χ1n) is 19.0. The molecule has 0 spiro atoms. The van der Waals surface area contributed by atoms with Gasteiger partial charge in [0.2, 0.25) is 5.91 Å². The number of nitrogens with one attached hydrogen (secondary N) is 1. The fraction of sp³-hybridized carbons (Fsp3) is 0.725. The van der Waals surface area contributed by atoms with Crippen molar-refractivity contribution in [1.29, 1.82) is 0 Å². The van der Waals surface area contributed by atoms with E-state index in [0.29, 0.717) is 12.8 Å². The van der Waals surface area contributed by atoms with Gasteiger partial charge in [0.1, 0.15) is 0 Å². The molecule has 0 aliphatic rings. The van der Waals surface area contributed by atoms with Gasteiger partial charge in [0.05, 0.1) is 17.9 Å². The molecule has 0 fully saturated rings. The van der Waals surface area contributed by atoms with E-state index in [2.05, 4.69) is 67.8 Å². The van der Waals surface area contributed by atoms with Crippen molar-refractivity contribution >= 4 is 16.0 Å². The van der Waals surface area contributed by atoms with E-state index in [-0.39, 0.29) is 12.3 Å². The monoisotopic (exact) mass is 678 g/mol. The molecule has 2 unspecified atom stereocenters. The van der Waals surface area contributed by atoms with Crippen LogP contribution in [-0.4, -0.2) is 41.9 Å². The fourth-order valence-electron chi connectivity index (χ4n) is 5.36. The Morgan fingerprint density at radius 2 is 1.04 bits per heavy atom. The molecule has 3 N–H and O–H groups in total. The topological polar surface area (TPSA) is 104 Å². The maximum atomic E-state index is 12.5. The van der Waals surface area contributed by atoms with Gasteiger partial charge in [-0.2, -0.15) is 8.42 Å². The molecule has 0 rings (SSSR count). The Bertz CT molecular complexity index is 967. The van der Waals surface area contributed by atoms with E-state index in [9.17, 15) is 22.9 Å². The highest BCUT2D eigenvalue weighted by Crippen LogP contribution is 2.12. The summed E-state index contributed by atoms with van der Waals surface area (Å²) in [5.41, 5.74) is 0. The number of hydrogen-bond donors (Lipinski definition) is 3. The van der Waals surface area contributed by atoms with Crippen molar-refractivity contribution < 1.29 is 22.9 Å². The number of carbonyl (C=O) groups is 1. The van der Waals surface area contributed by atoms with Gasteiger partial charge in [0.15, 0.2) is 0 Å². The van der Waals surface area contributed by atoms with Crippen LogP contribution < -0.4 is 5.32 Å². The molecule has 0 saturated carbocycles. The van der Waals surface area contributed by atoms with Crippen molar-refractivity contribution in [2.75, 3.05) is 5.75 Å². The average molecular weight is 678 g/mol. The predicted octanol–water partition coefficient (Wildman–Crippen LogP) is 10.9. The first kappa shape index (κ1) is 45.0. The molecule has 0 saturated heterocycles. The van der Waals surface area contributed by atoms with Gasteiger partial charge in [-0.05, 0) is 64.2 Å². The van der Waals surface area contributed by atoms with Gasteiger partial charge in [-0.15, -0.1) is 0 Å². The third-order valence-corrected chi connectivity index (χ3v) is 8.96. The zero-order valence-electron chi connectivity index (χ0n) is 30.1. The number of hydrogen-bond acceptors (Lipinski definition) is 4. The minimum Gasteiger partial charge on any atom is -0.387 e. The molecular formula is C40H71NO5S. The van der Waals surface area contributed by atoms with Crippen molar-refractivity contribution in [3.8, 4) is 0 Å². The van der Waals surface area contributed by atoms with Crippen LogP contribution in [0.3, 0.4) is 0 Å². The molecule has 0 bridgehead atoms. The summed E-state index contributed by atoms with van der Waals surface area (Å²) in [5, 5.41) is 13.2. The maximum absolute atomic E-state index is 12.5. The Kier molecular flexibility index (Phi) is 32.5. The minimum absolute atomic E-state index is 0.274. The van der Waals surface area contributed by atoms with E-state index in [1.165, 1.54) is 83.1 Å². The average Bonchev–Trinajstić information content (AvgIpc) is 3.03. The van der Waals surface area contributed by atoms with Crippen LogP contribution in [-0.2, 0) is 14.9 Å².